The van der Waals surface area contributed by atoms with Crippen LogP contribution in [-0.4, -0.2) is 5.97 Å². The molecule has 0 spiro atoms. The van der Waals surface area contributed by atoms with Gasteiger partial charge in [0.05, 0.1) is 5.92 Å². The number of rotatable bonds is 7. The fourth-order valence-corrected chi connectivity index (χ4v) is 4.96. The lowest BCUT2D eigenvalue weighted by molar-refractivity contribution is -0.139. The van der Waals surface area contributed by atoms with Gasteiger partial charge in [-0.15, -0.1) is 0 Å². The maximum absolute atomic E-state index is 12.3. The van der Waals surface area contributed by atoms with E-state index in [0.29, 0.717) is 17.6 Å². The second-order valence-electron chi connectivity index (χ2n) is 8.72. The third-order valence-electron chi connectivity index (χ3n) is 6.80. The summed E-state index contributed by atoms with van der Waals surface area (Å²) in [6.45, 7) is 4.45. The van der Waals surface area contributed by atoms with Crippen molar-refractivity contribution in [3.63, 3.8) is 0 Å². The van der Waals surface area contributed by atoms with Gasteiger partial charge in [-0.3, -0.25) is 4.79 Å². The average Bonchev–Trinajstić information content (AvgIpc) is 3.09. The van der Waals surface area contributed by atoms with E-state index in [1.807, 2.05) is 12.1 Å². The molecule has 2 aliphatic carbocycles. The second kappa shape index (κ2) is 9.58. The summed E-state index contributed by atoms with van der Waals surface area (Å²) in [4.78, 5) is 12.3. The van der Waals surface area contributed by atoms with E-state index >= 15 is 0 Å². The van der Waals surface area contributed by atoms with Crippen LogP contribution < -0.4 is 4.74 Å². The molecule has 0 heterocycles. The molecule has 2 fully saturated rings. The van der Waals surface area contributed by atoms with E-state index in [-0.39, 0.29) is 11.9 Å². The Hall–Kier alpha value is -1.31. The highest BCUT2D eigenvalue weighted by molar-refractivity contribution is 5.75. The first-order valence-electron chi connectivity index (χ1n) is 11.0. The molecule has 2 heteroatoms. The standard InChI is InChI=1S/C24H36O2/c1-3-4-5-8-19-10-12-20(13-11-19)21-14-16-22(17-15-21)26-24(25)23-9-6-7-18(23)2/h14-20,23H,3-13H2,1-2H3. The van der Waals surface area contributed by atoms with Crippen LogP contribution in [0.3, 0.4) is 0 Å². The van der Waals surface area contributed by atoms with E-state index in [1.165, 1.54) is 56.9 Å². The third-order valence-corrected chi connectivity index (χ3v) is 6.80. The molecule has 1 aromatic rings. The number of carbonyl (C=O) groups excluding carboxylic acids is 1. The molecule has 0 radical (unpaired) electrons. The molecule has 26 heavy (non-hydrogen) atoms. The average molecular weight is 357 g/mol. The first-order chi connectivity index (χ1) is 12.7. The highest BCUT2D eigenvalue weighted by Crippen LogP contribution is 2.38. The third kappa shape index (κ3) is 5.11. The summed E-state index contributed by atoms with van der Waals surface area (Å²) in [6.07, 6.45) is 14.2. The summed E-state index contributed by atoms with van der Waals surface area (Å²) in [5.41, 5.74) is 1.42. The molecular weight excluding hydrogens is 320 g/mol. The monoisotopic (exact) mass is 356 g/mol. The van der Waals surface area contributed by atoms with Crippen LogP contribution in [0.2, 0.25) is 0 Å². The van der Waals surface area contributed by atoms with Crippen molar-refractivity contribution >= 4 is 5.97 Å². The normalized spacial score (nSPS) is 28.8. The fourth-order valence-electron chi connectivity index (χ4n) is 4.96. The Morgan fingerprint density at radius 3 is 2.35 bits per heavy atom. The molecule has 0 aliphatic heterocycles. The summed E-state index contributed by atoms with van der Waals surface area (Å²) >= 11 is 0. The number of unbranched alkanes of at least 4 members (excludes halogenated alkanes) is 2. The minimum Gasteiger partial charge on any atom is -0.426 e. The number of carbonyl (C=O) groups is 1. The Bertz CT molecular complexity index is 554. The predicted octanol–water partition coefficient (Wildman–Crippen LogP) is 6.88. The van der Waals surface area contributed by atoms with Gasteiger partial charge in [-0.05, 0) is 74.0 Å². The largest absolute Gasteiger partial charge is 0.426 e. The van der Waals surface area contributed by atoms with Gasteiger partial charge in [-0.1, -0.05) is 58.1 Å². The first-order valence-corrected chi connectivity index (χ1v) is 11.0. The van der Waals surface area contributed by atoms with Gasteiger partial charge in [0.2, 0.25) is 0 Å². The molecule has 2 saturated carbocycles. The number of benzene rings is 1. The Kier molecular flexibility index (Phi) is 7.16. The highest BCUT2D eigenvalue weighted by atomic mass is 16.5. The summed E-state index contributed by atoms with van der Waals surface area (Å²) in [6, 6.07) is 8.37. The molecule has 2 atom stereocenters. The number of ether oxygens (including phenoxy) is 1. The van der Waals surface area contributed by atoms with Gasteiger partial charge in [0, 0.05) is 0 Å². The zero-order chi connectivity index (χ0) is 18.4. The summed E-state index contributed by atoms with van der Waals surface area (Å²) in [7, 11) is 0. The molecule has 1 aromatic carbocycles. The Morgan fingerprint density at radius 2 is 1.73 bits per heavy atom. The molecule has 0 N–H and O–H groups in total. The van der Waals surface area contributed by atoms with Gasteiger partial charge < -0.3 is 4.74 Å². The summed E-state index contributed by atoms with van der Waals surface area (Å²) in [5.74, 6) is 2.89. The lowest BCUT2D eigenvalue weighted by atomic mass is 9.77. The lowest BCUT2D eigenvalue weighted by Gasteiger charge is -2.29. The van der Waals surface area contributed by atoms with E-state index in [2.05, 4.69) is 26.0 Å². The maximum atomic E-state index is 12.3. The van der Waals surface area contributed by atoms with Crippen LogP contribution in [-0.2, 0) is 4.79 Å². The highest BCUT2D eigenvalue weighted by Gasteiger charge is 2.31. The van der Waals surface area contributed by atoms with Crippen LogP contribution in [0, 0.1) is 17.8 Å². The van der Waals surface area contributed by atoms with Gasteiger partial charge in [0.1, 0.15) is 5.75 Å². The van der Waals surface area contributed by atoms with Gasteiger partial charge in [0.15, 0.2) is 0 Å². The Morgan fingerprint density at radius 1 is 1.00 bits per heavy atom. The zero-order valence-corrected chi connectivity index (χ0v) is 16.7. The molecule has 0 saturated heterocycles. The molecule has 0 amide bonds. The molecule has 0 bridgehead atoms. The minimum atomic E-state index is -0.0321. The van der Waals surface area contributed by atoms with Gasteiger partial charge in [0.25, 0.3) is 0 Å². The van der Waals surface area contributed by atoms with Crippen LogP contribution in [0.15, 0.2) is 24.3 Å². The molecule has 2 nitrogen and oxygen atoms in total. The van der Waals surface area contributed by atoms with Crippen molar-refractivity contribution in [2.45, 2.75) is 90.4 Å². The number of hydrogen-bond donors (Lipinski definition) is 0. The van der Waals surface area contributed by atoms with Crippen molar-refractivity contribution in [1.82, 2.24) is 0 Å². The van der Waals surface area contributed by atoms with E-state index in [9.17, 15) is 4.79 Å². The van der Waals surface area contributed by atoms with Crippen LogP contribution in [0.5, 0.6) is 5.75 Å². The van der Waals surface area contributed by atoms with Crippen molar-refractivity contribution in [1.29, 1.82) is 0 Å². The van der Waals surface area contributed by atoms with Crippen molar-refractivity contribution in [3.8, 4) is 5.75 Å². The van der Waals surface area contributed by atoms with E-state index < -0.39 is 0 Å². The molecule has 0 aromatic heterocycles. The minimum absolute atomic E-state index is 0.0321. The van der Waals surface area contributed by atoms with Crippen LogP contribution in [0.1, 0.15) is 96.0 Å². The van der Waals surface area contributed by atoms with E-state index in [4.69, 9.17) is 4.74 Å². The molecule has 3 rings (SSSR count). The van der Waals surface area contributed by atoms with Crippen LogP contribution in [0.4, 0.5) is 0 Å². The summed E-state index contributed by atoms with van der Waals surface area (Å²) < 4.78 is 5.64. The number of hydrogen-bond acceptors (Lipinski definition) is 2. The van der Waals surface area contributed by atoms with Crippen molar-refractivity contribution in [2.75, 3.05) is 0 Å². The van der Waals surface area contributed by atoms with Crippen molar-refractivity contribution in [2.24, 2.45) is 17.8 Å². The van der Waals surface area contributed by atoms with Crippen LogP contribution >= 0.6 is 0 Å². The smallest absolute Gasteiger partial charge is 0.314 e. The summed E-state index contributed by atoms with van der Waals surface area (Å²) in [5, 5.41) is 0. The second-order valence-corrected chi connectivity index (χ2v) is 8.72. The topological polar surface area (TPSA) is 26.3 Å². The van der Waals surface area contributed by atoms with Gasteiger partial charge >= 0.3 is 5.97 Å². The first kappa shape index (κ1) is 19.5. The molecular formula is C24H36O2. The molecule has 144 valence electrons. The van der Waals surface area contributed by atoms with Gasteiger partial charge in [-0.2, -0.15) is 0 Å². The van der Waals surface area contributed by atoms with E-state index in [0.717, 1.165) is 25.2 Å². The number of esters is 1. The Labute approximate surface area is 159 Å². The van der Waals surface area contributed by atoms with Crippen molar-refractivity contribution < 1.29 is 9.53 Å². The van der Waals surface area contributed by atoms with Crippen LogP contribution in [0.25, 0.3) is 0 Å². The van der Waals surface area contributed by atoms with E-state index in [1.54, 1.807) is 0 Å². The Balaban J connectivity index is 1.47. The van der Waals surface area contributed by atoms with Crippen molar-refractivity contribution in [3.05, 3.63) is 29.8 Å². The maximum Gasteiger partial charge on any atom is 0.314 e. The van der Waals surface area contributed by atoms with Gasteiger partial charge in [-0.25, -0.2) is 0 Å². The fraction of sp³-hybridized carbons (Fsp3) is 0.708. The zero-order valence-electron chi connectivity index (χ0n) is 16.7. The predicted molar refractivity (Wildman–Crippen MR) is 107 cm³/mol. The quantitative estimate of drug-likeness (QED) is 0.302. The molecule has 2 unspecified atom stereocenters. The molecule has 2 aliphatic rings. The lowest BCUT2D eigenvalue weighted by Crippen LogP contribution is -2.22. The SMILES string of the molecule is CCCCCC1CCC(c2ccc(OC(=O)C3CCCC3C)cc2)CC1.